The third-order valence-corrected chi connectivity index (χ3v) is 13.9. The lowest BCUT2D eigenvalue weighted by molar-refractivity contribution is 0.535. The molecule has 300 valence electrons. The molecule has 3 aromatic heterocycles. The topological polar surface area (TPSA) is 53.9 Å². The van der Waals surface area contributed by atoms with E-state index in [1.165, 1.54) is 203 Å². The highest BCUT2D eigenvalue weighted by Gasteiger charge is 2.26. The second kappa shape index (κ2) is 27.9. The zero-order valence-corrected chi connectivity index (χ0v) is 37.0. The Hall–Kier alpha value is -2.58. The van der Waals surface area contributed by atoms with Gasteiger partial charge in [0, 0.05) is 20.9 Å². The molecule has 55 heavy (non-hydrogen) atoms. The molecule has 3 heterocycles. The summed E-state index contributed by atoms with van der Waals surface area (Å²) in [4.78, 5) is 6.04. The first-order valence-electron chi connectivity index (χ1n) is 22.5. The molecule has 0 aliphatic carbocycles. The van der Waals surface area contributed by atoms with Gasteiger partial charge in [0.15, 0.2) is 0 Å². The number of aromatic nitrogens is 2. The molecule has 0 aliphatic rings. The van der Waals surface area contributed by atoms with Crippen molar-refractivity contribution in [2.24, 2.45) is 0 Å². The fraction of sp³-hybridized carbons (Fsp3) is 0.667. The lowest BCUT2D eigenvalue weighted by Crippen LogP contribution is -1.91. The second-order valence-electron chi connectivity index (χ2n) is 16.0. The molecule has 0 spiro atoms. The van der Waals surface area contributed by atoms with Gasteiger partial charge in [-0.1, -0.05) is 181 Å². The maximum atomic E-state index is 10.5. The van der Waals surface area contributed by atoms with Gasteiger partial charge in [0.2, 0.25) is 5.69 Å². The Bertz CT molecular complexity index is 1580. The van der Waals surface area contributed by atoms with Crippen molar-refractivity contribution < 1.29 is 0 Å². The predicted molar refractivity (Wildman–Crippen MR) is 243 cm³/mol. The van der Waals surface area contributed by atoms with Crippen molar-refractivity contribution in [3.63, 3.8) is 0 Å². The number of fused-ring (bicyclic) bond motifs is 1. The Balaban J connectivity index is 1.21. The van der Waals surface area contributed by atoms with E-state index >= 15 is 0 Å². The SMILES string of the molecule is [C-]#[N+]c1c(C#N)c(-c2cc(CCCCCCCCCCCCCCCC)cs2)c2nsnc2c1-c1cc(CCCCCCCCCCCCCCCC)cs1. The lowest BCUT2D eigenvalue weighted by Gasteiger charge is -2.10. The van der Waals surface area contributed by atoms with E-state index in [1.807, 2.05) is 0 Å². The van der Waals surface area contributed by atoms with Crippen molar-refractivity contribution in [3.8, 4) is 27.0 Å². The second-order valence-corrected chi connectivity index (χ2v) is 18.3. The molecule has 0 saturated carbocycles. The van der Waals surface area contributed by atoms with Crippen LogP contribution >= 0.6 is 34.4 Å². The molecule has 0 saturated heterocycles. The number of thiophene rings is 2. The van der Waals surface area contributed by atoms with Crippen LogP contribution in [0.5, 0.6) is 0 Å². The van der Waals surface area contributed by atoms with E-state index in [-0.39, 0.29) is 0 Å². The maximum Gasteiger partial charge on any atom is 0.216 e. The minimum absolute atomic E-state index is 0.421. The summed E-state index contributed by atoms with van der Waals surface area (Å²) in [6, 6.07) is 6.90. The highest BCUT2D eigenvalue weighted by molar-refractivity contribution is 7.14. The van der Waals surface area contributed by atoms with E-state index in [0.29, 0.717) is 11.3 Å². The first kappa shape index (κ1) is 45.1. The first-order chi connectivity index (χ1) is 27.2. The number of benzene rings is 1. The fourth-order valence-electron chi connectivity index (χ4n) is 8.01. The van der Waals surface area contributed by atoms with E-state index in [1.54, 1.807) is 22.7 Å². The number of hydrogen-bond acceptors (Lipinski definition) is 6. The normalized spacial score (nSPS) is 11.4. The van der Waals surface area contributed by atoms with Gasteiger partial charge >= 0.3 is 0 Å². The molecule has 4 aromatic rings. The summed E-state index contributed by atoms with van der Waals surface area (Å²) >= 11 is 4.52. The van der Waals surface area contributed by atoms with Crippen LogP contribution in [0.25, 0.3) is 36.8 Å². The van der Waals surface area contributed by atoms with Crippen molar-refractivity contribution in [1.82, 2.24) is 8.75 Å². The number of nitrogens with zero attached hydrogens (tertiary/aromatic N) is 4. The Morgan fingerprint density at radius 2 is 0.873 bits per heavy atom. The van der Waals surface area contributed by atoms with Crippen LogP contribution in [0, 0.1) is 17.9 Å². The molecule has 4 rings (SSSR count). The standard InChI is InChI=1S/C48H70N4S3/c1-4-6-8-10-12-14-16-18-20-22-24-26-28-30-32-39-34-42(53-37-39)44-41(36-49)46(50-3)45(48-47(44)51-55-52-48)43-35-40(38-54-43)33-31-29-27-25-23-21-19-17-15-13-11-9-7-5-2/h34-35,37-38H,4-33H2,1-2H3. The van der Waals surface area contributed by atoms with Gasteiger partial charge < -0.3 is 0 Å². The summed E-state index contributed by atoms with van der Waals surface area (Å²) in [6.45, 7) is 12.8. The van der Waals surface area contributed by atoms with E-state index in [4.69, 9.17) is 15.3 Å². The molecule has 0 aliphatic heterocycles. The summed E-state index contributed by atoms with van der Waals surface area (Å²) in [7, 11) is 0. The van der Waals surface area contributed by atoms with E-state index in [2.05, 4.69) is 47.7 Å². The largest absolute Gasteiger partial charge is 0.236 e. The third-order valence-electron chi connectivity index (χ3n) is 11.3. The molecule has 0 amide bonds. The van der Waals surface area contributed by atoms with Crippen LogP contribution in [0.4, 0.5) is 5.69 Å². The van der Waals surface area contributed by atoms with Crippen LogP contribution in [-0.2, 0) is 12.8 Å². The van der Waals surface area contributed by atoms with Gasteiger partial charge in [0.1, 0.15) is 11.0 Å². The number of unbranched alkanes of at least 4 members (excludes halogenated alkanes) is 26. The minimum atomic E-state index is 0.421. The summed E-state index contributed by atoms with van der Waals surface area (Å²) in [5.41, 5.74) is 6.60. The summed E-state index contributed by atoms with van der Waals surface area (Å²) in [5, 5.41) is 15.0. The van der Waals surface area contributed by atoms with Crippen molar-refractivity contribution in [2.75, 3.05) is 0 Å². The Kier molecular flexibility index (Phi) is 22.9. The Morgan fingerprint density at radius 3 is 1.24 bits per heavy atom. The highest BCUT2D eigenvalue weighted by Crippen LogP contribution is 2.48. The fourth-order valence-corrected chi connectivity index (χ4v) is 10.6. The molecule has 4 nitrogen and oxygen atoms in total. The average molecular weight is 799 g/mol. The molecule has 0 unspecified atom stereocenters. The molecule has 1 aromatic carbocycles. The quantitative estimate of drug-likeness (QED) is 0.0365. The Morgan fingerprint density at radius 1 is 0.527 bits per heavy atom. The number of rotatable bonds is 32. The van der Waals surface area contributed by atoms with Gasteiger partial charge in [-0.15, -0.1) is 22.7 Å². The third kappa shape index (κ3) is 15.7. The summed E-state index contributed by atoms with van der Waals surface area (Å²) in [6.07, 6.45) is 40.4. The number of hydrogen-bond donors (Lipinski definition) is 0. The van der Waals surface area contributed by atoms with Crippen LogP contribution < -0.4 is 0 Å². The van der Waals surface area contributed by atoms with Gasteiger partial charge in [-0.25, -0.2) is 4.85 Å². The molecule has 0 atom stereocenters. The predicted octanol–water partition coefficient (Wildman–Crippen LogP) is 17.6. The smallest absolute Gasteiger partial charge is 0.216 e. The number of aryl methyl sites for hydroxylation is 2. The van der Waals surface area contributed by atoms with Crippen LogP contribution in [-0.4, -0.2) is 8.75 Å². The van der Waals surface area contributed by atoms with Crippen LogP contribution in [0.1, 0.15) is 210 Å². The molecule has 0 radical (unpaired) electrons. The lowest BCUT2D eigenvalue weighted by atomic mass is 9.96. The van der Waals surface area contributed by atoms with Gasteiger partial charge in [0.05, 0.1) is 29.9 Å². The van der Waals surface area contributed by atoms with Gasteiger partial charge in [0.25, 0.3) is 0 Å². The zero-order valence-electron chi connectivity index (χ0n) is 34.5. The molecule has 0 N–H and O–H groups in total. The zero-order chi connectivity index (χ0) is 38.8. The first-order valence-corrected chi connectivity index (χ1v) is 25.0. The van der Waals surface area contributed by atoms with Crippen molar-refractivity contribution >= 4 is 51.1 Å². The van der Waals surface area contributed by atoms with E-state index < -0.39 is 0 Å². The van der Waals surface area contributed by atoms with Crippen molar-refractivity contribution in [2.45, 2.75) is 206 Å². The van der Waals surface area contributed by atoms with Gasteiger partial charge in [-0.3, -0.25) is 0 Å². The minimum Gasteiger partial charge on any atom is -0.236 e. The molecular formula is C48H70N4S3. The average Bonchev–Trinajstić information content (AvgIpc) is 3.99. The highest BCUT2D eigenvalue weighted by atomic mass is 32.1. The molecule has 0 fully saturated rings. The van der Waals surface area contributed by atoms with Crippen molar-refractivity contribution in [3.05, 3.63) is 51.0 Å². The monoisotopic (exact) mass is 798 g/mol. The van der Waals surface area contributed by atoms with Crippen molar-refractivity contribution in [1.29, 1.82) is 5.26 Å². The Labute approximate surface area is 347 Å². The van der Waals surface area contributed by atoms with Gasteiger partial charge in [-0.05, 0) is 59.7 Å². The van der Waals surface area contributed by atoms with Crippen LogP contribution in [0.2, 0.25) is 0 Å². The van der Waals surface area contributed by atoms with E-state index in [9.17, 15) is 5.26 Å². The number of nitriles is 1. The summed E-state index contributed by atoms with van der Waals surface area (Å²) in [5.74, 6) is 0. The summed E-state index contributed by atoms with van der Waals surface area (Å²) < 4.78 is 9.46. The molecule has 7 heteroatoms. The van der Waals surface area contributed by atoms with E-state index in [0.717, 1.165) is 44.8 Å². The molecule has 0 bridgehead atoms. The van der Waals surface area contributed by atoms with Gasteiger partial charge in [-0.2, -0.15) is 14.0 Å². The molecular weight excluding hydrogens is 729 g/mol. The van der Waals surface area contributed by atoms with Crippen LogP contribution in [0.3, 0.4) is 0 Å². The maximum absolute atomic E-state index is 10.5. The van der Waals surface area contributed by atoms with Crippen LogP contribution in [0.15, 0.2) is 22.9 Å².